The highest BCUT2D eigenvalue weighted by Gasteiger charge is 2.36. The fraction of sp³-hybridized carbons (Fsp3) is 0.176. The van der Waals surface area contributed by atoms with E-state index in [2.05, 4.69) is 25.3 Å². The number of anilines is 1. The zero-order valence-corrected chi connectivity index (χ0v) is 16.1. The number of carbonyl (C=O) groups excluding carboxylic acids is 1. The lowest BCUT2D eigenvalue weighted by atomic mass is 10.2. The van der Waals surface area contributed by atoms with Crippen LogP contribution in [0.3, 0.4) is 0 Å². The summed E-state index contributed by atoms with van der Waals surface area (Å²) in [5, 5.41) is 18.4. The molecule has 3 aromatic rings. The van der Waals surface area contributed by atoms with Gasteiger partial charge in [0.15, 0.2) is 6.04 Å². The van der Waals surface area contributed by atoms with E-state index in [1.807, 2.05) is 29.6 Å². The van der Waals surface area contributed by atoms with Crippen molar-refractivity contribution < 1.29 is 9.53 Å². The van der Waals surface area contributed by atoms with E-state index in [0.717, 1.165) is 17.0 Å². The Labute approximate surface area is 162 Å². The molecule has 8 nitrogen and oxygen atoms in total. The van der Waals surface area contributed by atoms with Gasteiger partial charge in [0.05, 0.1) is 18.5 Å². The Bertz CT molecular complexity index is 1010. The van der Waals surface area contributed by atoms with E-state index >= 15 is 0 Å². The molecule has 0 aliphatic carbocycles. The van der Waals surface area contributed by atoms with Gasteiger partial charge in [0.2, 0.25) is 10.3 Å². The van der Waals surface area contributed by atoms with Crippen LogP contribution in [-0.4, -0.2) is 34.7 Å². The molecule has 3 heterocycles. The van der Waals surface area contributed by atoms with Crippen molar-refractivity contribution in [2.75, 3.05) is 12.1 Å². The molecular weight excluding hydrogens is 384 g/mol. The SMILES string of the molecule is COc1ccc(-c2csc(N3N=C(C)[C@@H](N=Nc4nccs4)C3=O)n2)cc1. The number of rotatable bonds is 5. The minimum Gasteiger partial charge on any atom is -0.497 e. The van der Waals surface area contributed by atoms with Crippen LogP contribution < -0.4 is 9.75 Å². The van der Waals surface area contributed by atoms with Crippen molar-refractivity contribution in [3.05, 3.63) is 41.2 Å². The zero-order chi connectivity index (χ0) is 18.8. The lowest BCUT2D eigenvalue weighted by Gasteiger charge is -2.07. The van der Waals surface area contributed by atoms with Gasteiger partial charge in [-0.1, -0.05) is 0 Å². The standard InChI is InChI=1S/C17H14N6O2S2/c1-10-14(20-21-16-18-7-8-26-16)15(24)23(22-10)17-19-13(9-27-17)11-3-5-12(25-2)6-4-11/h3-9,14H,1-2H3/t14-/m1/s1. The van der Waals surface area contributed by atoms with E-state index in [1.54, 1.807) is 25.6 Å². The van der Waals surface area contributed by atoms with Crippen molar-refractivity contribution in [2.24, 2.45) is 15.3 Å². The lowest BCUT2D eigenvalue weighted by Crippen LogP contribution is -2.29. The van der Waals surface area contributed by atoms with Crippen LogP contribution in [-0.2, 0) is 4.79 Å². The number of ether oxygens (including phenoxy) is 1. The van der Waals surface area contributed by atoms with Gasteiger partial charge in [-0.25, -0.2) is 9.97 Å². The molecule has 0 saturated carbocycles. The third-order valence-corrected chi connectivity index (χ3v) is 5.31. The van der Waals surface area contributed by atoms with E-state index in [0.29, 0.717) is 16.0 Å². The van der Waals surface area contributed by atoms with Crippen LogP contribution in [0.4, 0.5) is 10.3 Å². The average Bonchev–Trinajstić information content (AvgIpc) is 3.42. The molecule has 1 atom stereocenters. The number of carbonyl (C=O) groups is 1. The normalized spacial score (nSPS) is 17.0. The topological polar surface area (TPSA) is 92.4 Å². The lowest BCUT2D eigenvalue weighted by molar-refractivity contribution is -0.117. The van der Waals surface area contributed by atoms with Crippen molar-refractivity contribution >= 4 is 44.6 Å². The molecule has 4 rings (SSSR count). The number of aromatic nitrogens is 2. The number of thiazole rings is 2. The molecule has 0 N–H and O–H groups in total. The molecule has 136 valence electrons. The highest BCUT2D eigenvalue weighted by molar-refractivity contribution is 7.14. The van der Waals surface area contributed by atoms with Crippen LogP contribution in [0, 0.1) is 0 Å². The van der Waals surface area contributed by atoms with Gasteiger partial charge in [-0.05, 0) is 31.2 Å². The molecule has 1 aliphatic rings. The summed E-state index contributed by atoms with van der Waals surface area (Å²) in [5.74, 6) is 0.501. The molecule has 0 saturated heterocycles. The Morgan fingerprint density at radius 1 is 1.22 bits per heavy atom. The monoisotopic (exact) mass is 398 g/mol. The summed E-state index contributed by atoms with van der Waals surface area (Å²) in [7, 11) is 1.62. The first-order chi connectivity index (χ1) is 13.2. The largest absolute Gasteiger partial charge is 0.497 e. The van der Waals surface area contributed by atoms with Gasteiger partial charge in [0, 0.05) is 22.5 Å². The number of hydrazone groups is 1. The first-order valence-electron chi connectivity index (χ1n) is 7.95. The van der Waals surface area contributed by atoms with Gasteiger partial charge in [-0.2, -0.15) is 15.2 Å². The summed E-state index contributed by atoms with van der Waals surface area (Å²) >= 11 is 2.70. The fourth-order valence-electron chi connectivity index (χ4n) is 2.45. The summed E-state index contributed by atoms with van der Waals surface area (Å²) in [6.45, 7) is 1.75. The molecule has 27 heavy (non-hydrogen) atoms. The number of amides is 1. The zero-order valence-electron chi connectivity index (χ0n) is 14.4. The van der Waals surface area contributed by atoms with Gasteiger partial charge in [-0.15, -0.1) is 27.8 Å². The summed E-state index contributed by atoms with van der Waals surface area (Å²) in [4.78, 5) is 21.3. The average molecular weight is 398 g/mol. The highest BCUT2D eigenvalue weighted by Crippen LogP contribution is 2.31. The predicted octanol–water partition coefficient (Wildman–Crippen LogP) is 4.15. The summed E-state index contributed by atoms with van der Waals surface area (Å²) in [5.41, 5.74) is 2.28. The van der Waals surface area contributed by atoms with Crippen LogP contribution in [0.1, 0.15) is 6.92 Å². The maximum atomic E-state index is 12.7. The van der Waals surface area contributed by atoms with Gasteiger partial charge < -0.3 is 4.74 Å². The molecule has 1 aliphatic heterocycles. The molecule has 1 amide bonds. The third kappa shape index (κ3) is 3.49. The summed E-state index contributed by atoms with van der Waals surface area (Å²) in [6.07, 6.45) is 1.64. The second kappa shape index (κ2) is 7.33. The van der Waals surface area contributed by atoms with Gasteiger partial charge in [-0.3, -0.25) is 4.79 Å². The van der Waals surface area contributed by atoms with E-state index < -0.39 is 6.04 Å². The minimum atomic E-state index is -0.748. The van der Waals surface area contributed by atoms with Gasteiger partial charge >= 0.3 is 0 Å². The van der Waals surface area contributed by atoms with Crippen LogP contribution in [0.15, 0.2) is 56.6 Å². The Morgan fingerprint density at radius 3 is 2.74 bits per heavy atom. The number of hydrogen-bond acceptors (Lipinski definition) is 9. The maximum Gasteiger partial charge on any atom is 0.282 e. The summed E-state index contributed by atoms with van der Waals surface area (Å²) in [6, 6.07) is 6.83. The van der Waals surface area contributed by atoms with Crippen LogP contribution in [0.25, 0.3) is 11.3 Å². The second-order valence-electron chi connectivity index (χ2n) is 5.57. The highest BCUT2D eigenvalue weighted by atomic mass is 32.1. The molecule has 10 heteroatoms. The van der Waals surface area contributed by atoms with Gasteiger partial charge in [0.25, 0.3) is 5.91 Å². The molecule has 0 radical (unpaired) electrons. The van der Waals surface area contributed by atoms with Crippen LogP contribution >= 0.6 is 22.7 Å². The number of benzene rings is 1. The molecule has 2 aromatic heterocycles. The molecule has 0 spiro atoms. The quantitative estimate of drug-likeness (QED) is 0.604. The van der Waals surface area contributed by atoms with Crippen molar-refractivity contribution in [1.82, 2.24) is 9.97 Å². The van der Waals surface area contributed by atoms with Crippen molar-refractivity contribution in [2.45, 2.75) is 13.0 Å². The predicted molar refractivity (Wildman–Crippen MR) is 105 cm³/mol. The Hall–Kier alpha value is -2.98. The smallest absolute Gasteiger partial charge is 0.282 e. The number of methoxy groups -OCH3 is 1. The number of azo groups is 1. The minimum absolute atomic E-state index is 0.275. The van der Waals surface area contributed by atoms with Crippen LogP contribution in [0.2, 0.25) is 0 Å². The van der Waals surface area contributed by atoms with Crippen molar-refractivity contribution in [1.29, 1.82) is 0 Å². The first-order valence-corrected chi connectivity index (χ1v) is 9.71. The van der Waals surface area contributed by atoms with E-state index in [1.165, 1.54) is 27.7 Å². The number of nitrogens with zero attached hydrogens (tertiary/aromatic N) is 6. The maximum absolute atomic E-state index is 12.7. The first kappa shape index (κ1) is 17.4. The van der Waals surface area contributed by atoms with Crippen LogP contribution in [0.5, 0.6) is 5.75 Å². The fourth-order valence-corrected chi connectivity index (χ4v) is 3.70. The van der Waals surface area contributed by atoms with Crippen molar-refractivity contribution in [3.63, 3.8) is 0 Å². The third-order valence-electron chi connectivity index (χ3n) is 3.83. The van der Waals surface area contributed by atoms with Crippen molar-refractivity contribution in [3.8, 4) is 17.0 Å². The Balaban J connectivity index is 1.54. The second-order valence-corrected chi connectivity index (χ2v) is 7.28. The Morgan fingerprint density at radius 2 is 2.04 bits per heavy atom. The molecule has 0 unspecified atom stereocenters. The van der Waals surface area contributed by atoms with Gasteiger partial charge in [0.1, 0.15) is 5.75 Å². The van der Waals surface area contributed by atoms with E-state index in [9.17, 15) is 4.79 Å². The molecule has 0 bridgehead atoms. The molecular formula is C17H14N6O2S2. The molecule has 1 aromatic carbocycles. The summed E-state index contributed by atoms with van der Waals surface area (Å²) < 4.78 is 5.17. The van der Waals surface area contributed by atoms with E-state index in [-0.39, 0.29) is 5.91 Å². The number of hydrogen-bond donors (Lipinski definition) is 0. The molecule has 0 fully saturated rings. The Kier molecular flexibility index (Phi) is 4.73. The van der Waals surface area contributed by atoms with E-state index in [4.69, 9.17) is 4.74 Å².